The fourth-order valence-corrected chi connectivity index (χ4v) is 5.42. The van der Waals surface area contributed by atoms with E-state index in [4.69, 9.17) is 14.2 Å². The number of piperidine rings is 1. The molecule has 0 saturated carbocycles. The molecule has 0 spiro atoms. The Balaban J connectivity index is 1.27. The van der Waals surface area contributed by atoms with E-state index < -0.39 is 0 Å². The molecular weight excluding hydrogens is 502 g/mol. The van der Waals surface area contributed by atoms with Gasteiger partial charge >= 0.3 is 0 Å². The van der Waals surface area contributed by atoms with Gasteiger partial charge in [-0.2, -0.15) is 0 Å². The van der Waals surface area contributed by atoms with Crippen LogP contribution in [0.15, 0.2) is 79.0 Å². The minimum absolute atomic E-state index is 0.0556. The lowest BCUT2D eigenvalue weighted by Crippen LogP contribution is -2.47. The number of fused-ring (bicyclic) bond motifs is 1. The maximum Gasteiger partial charge on any atom is 0.224 e. The fraction of sp³-hybridized carbons (Fsp3) is 0.333. The maximum atomic E-state index is 13.4. The van der Waals surface area contributed by atoms with Gasteiger partial charge in [0.15, 0.2) is 11.5 Å². The number of carbonyl (C=O) groups excluding carboxylic acids is 1. The Morgan fingerprint density at radius 1 is 0.925 bits per heavy atom. The van der Waals surface area contributed by atoms with Crippen molar-refractivity contribution in [3.63, 3.8) is 0 Å². The van der Waals surface area contributed by atoms with E-state index in [1.54, 1.807) is 20.4 Å². The van der Waals surface area contributed by atoms with Crippen LogP contribution in [-0.2, 0) is 17.9 Å². The average Bonchev–Trinajstić information content (AvgIpc) is 2.99. The molecule has 4 aromatic rings. The Bertz CT molecular complexity index is 1440. The van der Waals surface area contributed by atoms with Crippen molar-refractivity contribution in [2.24, 2.45) is 11.8 Å². The minimum Gasteiger partial charge on any atom is -0.493 e. The number of methoxy groups -OCH3 is 2. The predicted octanol–water partition coefficient (Wildman–Crippen LogP) is 5.39. The summed E-state index contributed by atoms with van der Waals surface area (Å²) in [5, 5.41) is 5.62. The van der Waals surface area contributed by atoms with Crippen LogP contribution in [0.4, 0.5) is 0 Å². The molecule has 7 nitrogen and oxygen atoms in total. The molecule has 1 aromatic heterocycles. The van der Waals surface area contributed by atoms with Gasteiger partial charge in [0.1, 0.15) is 5.75 Å². The van der Waals surface area contributed by atoms with E-state index in [2.05, 4.69) is 57.7 Å². The van der Waals surface area contributed by atoms with Crippen LogP contribution in [0.25, 0.3) is 10.8 Å². The summed E-state index contributed by atoms with van der Waals surface area (Å²) < 4.78 is 16.9. The van der Waals surface area contributed by atoms with Crippen molar-refractivity contribution in [1.82, 2.24) is 15.2 Å². The van der Waals surface area contributed by atoms with Gasteiger partial charge in [0.25, 0.3) is 0 Å². The van der Waals surface area contributed by atoms with Crippen molar-refractivity contribution in [3.8, 4) is 17.2 Å². The van der Waals surface area contributed by atoms with Crippen LogP contribution in [-0.4, -0.2) is 49.7 Å². The molecule has 5 rings (SSSR count). The molecule has 208 valence electrons. The van der Waals surface area contributed by atoms with Gasteiger partial charge in [-0.1, -0.05) is 42.5 Å². The van der Waals surface area contributed by atoms with Crippen molar-refractivity contribution in [1.29, 1.82) is 0 Å². The van der Waals surface area contributed by atoms with Gasteiger partial charge in [-0.15, -0.1) is 0 Å². The number of benzene rings is 3. The molecule has 1 fully saturated rings. The number of ether oxygens (including phenoxy) is 3. The molecule has 1 aliphatic heterocycles. The standard InChI is InChI=1S/C33H37N3O4/c1-23-8-12-30(18-34-23)40-22-26-15-29(33(37)35-17-24-10-13-31(38-2)32(16-24)39-3)21-36(20-26)19-25-9-11-27-6-4-5-7-28(27)14-25/h4-14,16,18,26,29H,15,17,19-22H2,1-3H3,(H,35,37)/t26-,29+/m0/s1. The van der Waals surface area contributed by atoms with Gasteiger partial charge < -0.3 is 19.5 Å². The third-order valence-corrected chi connectivity index (χ3v) is 7.49. The molecular formula is C33H37N3O4. The zero-order valence-corrected chi connectivity index (χ0v) is 23.4. The minimum atomic E-state index is -0.140. The Hall–Kier alpha value is -4.10. The van der Waals surface area contributed by atoms with Crippen molar-refractivity contribution >= 4 is 16.7 Å². The second-order valence-corrected chi connectivity index (χ2v) is 10.5. The first-order chi connectivity index (χ1) is 19.5. The predicted molar refractivity (Wildman–Crippen MR) is 157 cm³/mol. The summed E-state index contributed by atoms with van der Waals surface area (Å²) in [6.45, 7) is 5.28. The second-order valence-electron chi connectivity index (χ2n) is 10.5. The molecule has 7 heteroatoms. The van der Waals surface area contributed by atoms with Gasteiger partial charge in [0.2, 0.25) is 5.91 Å². The Labute approximate surface area is 236 Å². The van der Waals surface area contributed by atoms with Crippen LogP contribution in [0.2, 0.25) is 0 Å². The van der Waals surface area contributed by atoms with Crippen LogP contribution in [0.3, 0.4) is 0 Å². The Morgan fingerprint density at radius 3 is 2.50 bits per heavy atom. The molecule has 1 N–H and O–H groups in total. The number of rotatable bonds is 10. The topological polar surface area (TPSA) is 72.9 Å². The summed E-state index contributed by atoms with van der Waals surface area (Å²) in [6, 6.07) is 24.6. The van der Waals surface area contributed by atoms with E-state index in [1.165, 1.54) is 16.3 Å². The summed E-state index contributed by atoms with van der Waals surface area (Å²) in [5.41, 5.74) is 3.16. The number of amides is 1. The van der Waals surface area contributed by atoms with E-state index in [1.807, 2.05) is 37.3 Å². The number of pyridine rings is 1. The molecule has 3 aromatic carbocycles. The number of likely N-dealkylation sites (tertiary alicyclic amines) is 1. The molecule has 1 amide bonds. The van der Waals surface area contributed by atoms with E-state index in [9.17, 15) is 4.79 Å². The first-order valence-electron chi connectivity index (χ1n) is 13.7. The third-order valence-electron chi connectivity index (χ3n) is 7.49. The number of nitrogens with one attached hydrogen (secondary N) is 1. The highest BCUT2D eigenvalue weighted by Crippen LogP contribution is 2.28. The lowest BCUT2D eigenvalue weighted by Gasteiger charge is -2.37. The van der Waals surface area contributed by atoms with Gasteiger partial charge in [0.05, 0.1) is 32.9 Å². The van der Waals surface area contributed by atoms with E-state index >= 15 is 0 Å². The molecule has 0 radical (unpaired) electrons. The first-order valence-corrected chi connectivity index (χ1v) is 13.7. The smallest absolute Gasteiger partial charge is 0.224 e. The summed E-state index contributed by atoms with van der Waals surface area (Å²) >= 11 is 0. The zero-order chi connectivity index (χ0) is 27.9. The SMILES string of the molecule is COc1ccc(CNC(=O)[C@@H]2C[C@H](COc3ccc(C)nc3)CN(Cc3ccc4ccccc4c3)C2)cc1OC. The Morgan fingerprint density at radius 2 is 1.73 bits per heavy atom. The van der Waals surface area contributed by atoms with Crippen LogP contribution < -0.4 is 19.5 Å². The molecule has 0 bridgehead atoms. The highest BCUT2D eigenvalue weighted by molar-refractivity contribution is 5.83. The van der Waals surface area contributed by atoms with Crippen LogP contribution in [0, 0.1) is 18.8 Å². The number of aryl methyl sites for hydroxylation is 1. The summed E-state index contributed by atoms with van der Waals surface area (Å²) in [5.74, 6) is 2.20. The van der Waals surface area contributed by atoms with Crippen molar-refractivity contribution in [2.75, 3.05) is 33.9 Å². The van der Waals surface area contributed by atoms with Crippen molar-refractivity contribution in [3.05, 3.63) is 95.8 Å². The van der Waals surface area contributed by atoms with Crippen LogP contribution >= 0.6 is 0 Å². The molecule has 0 aliphatic carbocycles. The zero-order valence-electron chi connectivity index (χ0n) is 23.4. The average molecular weight is 540 g/mol. The van der Waals surface area contributed by atoms with Crippen molar-refractivity contribution in [2.45, 2.75) is 26.4 Å². The van der Waals surface area contributed by atoms with Crippen LogP contribution in [0.1, 0.15) is 23.2 Å². The number of hydrogen-bond acceptors (Lipinski definition) is 6. The van der Waals surface area contributed by atoms with Gasteiger partial charge in [0, 0.05) is 37.8 Å². The maximum absolute atomic E-state index is 13.4. The largest absolute Gasteiger partial charge is 0.493 e. The van der Waals surface area contributed by atoms with E-state index in [0.29, 0.717) is 31.2 Å². The quantitative estimate of drug-likeness (QED) is 0.291. The number of hydrogen-bond donors (Lipinski definition) is 1. The van der Waals surface area contributed by atoms with Gasteiger partial charge in [-0.25, -0.2) is 0 Å². The summed E-state index contributed by atoms with van der Waals surface area (Å²) in [7, 11) is 3.22. The molecule has 2 atom stereocenters. The van der Waals surface area contributed by atoms with E-state index in [-0.39, 0.29) is 17.7 Å². The fourth-order valence-electron chi connectivity index (χ4n) is 5.42. The highest BCUT2D eigenvalue weighted by Gasteiger charge is 2.32. The normalized spacial score (nSPS) is 17.4. The number of carbonyl (C=O) groups is 1. The lowest BCUT2D eigenvalue weighted by molar-refractivity contribution is -0.128. The molecule has 0 unspecified atom stereocenters. The summed E-state index contributed by atoms with van der Waals surface area (Å²) in [4.78, 5) is 20.2. The molecule has 1 aliphatic rings. The van der Waals surface area contributed by atoms with Crippen molar-refractivity contribution < 1.29 is 19.0 Å². The van der Waals surface area contributed by atoms with E-state index in [0.717, 1.165) is 36.5 Å². The molecule has 1 saturated heterocycles. The molecule has 2 heterocycles. The lowest BCUT2D eigenvalue weighted by atomic mass is 9.88. The van der Waals surface area contributed by atoms with Gasteiger partial charge in [-0.05, 0) is 65.6 Å². The third kappa shape index (κ3) is 6.90. The summed E-state index contributed by atoms with van der Waals surface area (Å²) in [6.07, 6.45) is 2.53. The number of nitrogens with zero attached hydrogens (tertiary/aromatic N) is 2. The second kappa shape index (κ2) is 12.8. The molecule has 40 heavy (non-hydrogen) atoms. The van der Waals surface area contributed by atoms with Crippen LogP contribution in [0.5, 0.6) is 17.2 Å². The number of aromatic nitrogens is 1. The highest BCUT2D eigenvalue weighted by atomic mass is 16.5. The van der Waals surface area contributed by atoms with Gasteiger partial charge in [-0.3, -0.25) is 14.7 Å². The first kappa shape index (κ1) is 27.5. The monoisotopic (exact) mass is 539 g/mol. The Kier molecular flexibility index (Phi) is 8.81.